The van der Waals surface area contributed by atoms with E-state index in [2.05, 4.69) is 32.5 Å². The number of nitrogens with one attached hydrogen (secondary N) is 2. The number of aliphatic imine (C=N–C) groups is 1. The van der Waals surface area contributed by atoms with Crippen molar-refractivity contribution >= 4 is 41.3 Å². The van der Waals surface area contributed by atoms with Crippen molar-refractivity contribution in [3.63, 3.8) is 0 Å². The molecular weight excluding hydrogens is 525 g/mol. The maximum Gasteiger partial charge on any atom is 0.219 e. The molecule has 0 aliphatic rings. The fraction of sp³-hybridized carbons (Fsp3) is 0.318. The Balaban J connectivity index is 0.00000341. The molecule has 7 nitrogen and oxygen atoms in total. The molecule has 0 radical (unpaired) electrons. The standard InChI is InChI=1S/C22H27N5O2S.HI/c1-4-23-22(27-15-21-25-12-16(3)30-21)26-14-17-10-11-20(24-13-17)29-19-9-7-6-8-18(19)28-5-2;/h6-13H,4-5,14-15H2,1-3H3,(H2,23,26,27);1H. The lowest BCUT2D eigenvalue weighted by molar-refractivity contribution is 0.319. The molecule has 0 amide bonds. The number of aryl methyl sites for hydroxylation is 1. The topological polar surface area (TPSA) is 80.7 Å². The lowest BCUT2D eigenvalue weighted by atomic mass is 10.3. The van der Waals surface area contributed by atoms with Crippen LogP contribution >= 0.6 is 35.3 Å². The smallest absolute Gasteiger partial charge is 0.219 e. The van der Waals surface area contributed by atoms with E-state index in [-0.39, 0.29) is 24.0 Å². The van der Waals surface area contributed by atoms with Crippen molar-refractivity contribution in [2.45, 2.75) is 33.9 Å². The lowest BCUT2D eigenvalue weighted by Gasteiger charge is -2.11. The first-order chi connectivity index (χ1) is 14.7. The number of benzene rings is 1. The van der Waals surface area contributed by atoms with Crippen LogP contribution in [0.4, 0.5) is 0 Å². The van der Waals surface area contributed by atoms with Crippen LogP contribution in [-0.4, -0.2) is 29.1 Å². The second kappa shape index (κ2) is 13.1. The Morgan fingerprint density at radius 1 is 1.03 bits per heavy atom. The van der Waals surface area contributed by atoms with Gasteiger partial charge in [-0.25, -0.2) is 15.0 Å². The molecule has 2 aromatic heterocycles. The van der Waals surface area contributed by atoms with Crippen molar-refractivity contribution in [1.82, 2.24) is 20.6 Å². The van der Waals surface area contributed by atoms with Gasteiger partial charge in [0.1, 0.15) is 5.01 Å². The Labute approximate surface area is 204 Å². The number of thiazole rings is 1. The van der Waals surface area contributed by atoms with Gasteiger partial charge in [-0.1, -0.05) is 18.2 Å². The van der Waals surface area contributed by atoms with E-state index in [4.69, 9.17) is 9.47 Å². The van der Waals surface area contributed by atoms with Gasteiger partial charge in [-0.05, 0) is 38.5 Å². The quantitative estimate of drug-likeness (QED) is 0.223. The summed E-state index contributed by atoms with van der Waals surface area (Å²) < 4.78 is 11.5. The van der Waals surface area contributed by atoms with Crippen LogP contribution in [0.5, 0.6) is 17.4 Å². The summed E-state index contributed by atoms with van der Waals surface area (Å²) in [5.41, 5.74) is 0.989. The minimum atomic E-state index is 0. The molecule has 0 aliphatic heterocycles. The number of rotatable bonds is 9. The molecule has 0 aliphatic carbocycles. The summed E-state index contributed by atoms with van der Waals surface area (Å²) in [6, 6.07) is 11.4. The maximum absolute atomic E-state index is 5.87. The van der Waals surface area contributed by atoms with Gasteiger partial charge in [-0.15, -0.1) is 35.3 Å². The number of hydrogen-bond donors (Lipinski definition) is 2. The number of pyridine rings is 1. The van der Waals surface area contributed by atoms with Crippen LogP contribution in [0, 0.1) is 6.92 Å². The largest absolute Gasteiger partial charge is 0.490 e. The minimum absolute atomic E-state index is 0. The van der Waals surface area contributed by atoms with Crippen molar-refractivity contribution in [1.29, 1.82) is 0 Å². The average molecular weight is 553 g/mol. The highest BCUT2D eigenvalue weighted by Gasteiger charge is 2.06. The first kappa shape index (κ1) is 24.9. The predicted octanol–water partition coefficient (Wildman–Crippen LogP) is 4.91. The zero-order chi connectivity index (χ0) is 21.2. The Morgan fingerprint density at radius 2 is 1.84 bits per heavy atom. The molecule has 31 heavy (non-hydrogen) atoms. The zero-order valence-electron chi connectivity index (χ0n) is 17.9. The summed E-state index contributed by atoms with van der Waals surface area (Å²) in [6.45, 7) is 8.55. The molecule has 0 saturated heterocycles. The molecule has 0 spiro atoms. The normalized spacial score (nSPS) is 10.9. The first-order valence-corrected chi connectivity index (χ1v) is 10.8. The molecule has 3 aromatic rings. The number of guanidine groups is 1. The Morgan fingerprint density at radius 3 is 2.48 bits per heavy atom. The van der Waals surface area contributed by atoms with Crippen LogP contribution in [0.25, 0.3) is 0 Å². The van der Waals surface area contributed by atoms with Crippen molar-refractivity contribution in [2.75, 3.05) is 13.2 Å². The molecule has 2 N–H and O–H groups in total. The Bertz CT molecular complexity index is 963. The van der Waals surface area contributed by atoms with Gasteiger partial charge in [0.2, 0.25) is 5.88 Å². The van der Waals surface area contributed by atoms with Crippen LogP contribution < -0.4 is 20.1 Å². The summed E-state index contributed by atoms with van der Waals surface area (Å²) in [5, 5.41) is 7.60. The summed E-state index contributed by atoms with van der Waals surface area (Å²) >= 11 is 1.68. The van der Waals surface area contributed by atoms with Gasteiger partial charge < -0.3 is 20.1 Å². The van der Waals surface area contributed by atoms with E-state index in [0.29, 0.717) is 37.1 Å². The van der Waals surface area contributed by atoms with Gasteiger partial charge in [0, 0.05) is 29.9 Å². The summed E-state index contributed by atoms with van der Waals surface area (Å²) in [4.78, 5) is 14.6. The second-order valence-electron chi connectivity index (χ2n) is 6.40. The molecule has 0 unspecified atom stereocenters. The highest BCUT2D eigenvalue weighted by Crippen LogP contribution is 2.30. The van der Waals surface area contributed by atoms with Crippen molar-refractivity contribution in [3.8, 4) is 17.4 Å². The van der Waals surface area contributed by atoms with Gasteiger partial charge >= 0.3 is 0 Å². The lowest BCUT2D eigenvalue weighted by Crippen LogP contribution is -2.36. The third-order valence-electron chi connectivity index (χ3n) is 4.00. The molecule has 3 rings (SSSR count). The number of aromatic nitrogens is 2. The van der Waals surface area contributed by atoms with Crippen LogP contribution in [0.3, 0.4) is 0 Å². The monoisotopic (exact) mass is 553 g/mol. The number of para-hydroxylation sites is 2. The van der Waals surface area contributed by atoms with E-state index in [0.717, 1.165) is 23.1 Å². The molecule has 0 atom stereocenters. The third kappa shape index (κ3) is 7.98. The van der Waals surface area contributed by atoms with E-state index in [1.165, 1.54) is 4.88 Å². The van der Waals surface area contributed by atoms with Crippen molar-refractivity contribution < 1.29 is 9.47 Å². The van der Waals surface area contributed by atoms with Gasteiger partial charge in [0.15, 0.2) is 17.5 Å². The van der Waals surface area contributed by atoms with Crippen molar-refractivity contribution in [2.24, 2.45) is 4.99 Å². The van der Waals surface area contributed by atoms with Gasteiger partial charge in [-0.3, -0.25) is 0 Å². The molecule has 0 fully saturated rings. The van der Waals surface area contributed by atoms with Gasteiger partial charge in [0.25, 0.3) is 0 Å². The van der Waals surface area contributed by atoms with Crippen LogP contribution in [0.2, 0.25) is 0 Å². The van der Waals surface area contributed by atoms with Crippen LogP contribution in [-0.2, 0) is 13.1 Å². The number of hydrogen-bond acceptors (Lipinski definition) is 6. The highest BCUT2D eigenvalue weighted by molar-refractivity contribution is 14.0. The fourth-order valence-corrected chi connectivity index (χ4v) is 3.37. The van der Waals surface area contributed by atoms with Crippen LogP contribution in [0.1, 0.15) is 29.3 Å². The molecule has 0 saturated carbocycles. The Hall–Kier alpha value is -2.40. The minimum Gasteiger partial charge on any atom is -0.490 e. The summed E-state index contributed by atoms with van der Waals surface area (Å²) in [6.07, 6.45) is 3.66. The van der Waals surface area contributed by atoms with Gasteiger partial charge in [0.05, 0.1) is 19.7 Å². The molecule has 1 aromatic carbocycles. The Kier molecular flexibility index (Phi) is 10.5. The molecule has 0 bridgehead atoms. The summed E-state index contributed by atoms with van der Waals surface area (Å²) in [7, 11) is 0. The molecule has 9 heteroatoms. The van der Waals surface area contributed by atoms with Gasteiger partial charge in [-0.2, -0.15) is 0 Å². The van der Waals surface area contributed by atoms with E-state index in [9.17, 15) is 0 Å². The highest BCUT2D eigenvalue weighted by atomic mass is 127. The molecule has 2 heterocycles. The first-order valence-electron chi connectivity index (χ1n) is 9.96. The maximum atomic E-state index is 5.87. The van der Waals surface area contributed by atoms with E-state index in [1.54, 1.807) is 17.5 Å². The van der Waals surface area contributed by atoms with E-state index in [1.807, 2.05) is 56.4 Å². The van der Waals surface area contributed by atoms with Crippen molar-refractivity contribution in [3.05, 3.63) is 64.2 Å². The summed E-state index contributed by atoms with van der Waals surface area (Å²) in [5.74, 6) is 2.61. The number of nitrogens with zero attached hydrogens (tertiary/aromatic N) is 3. The number of ether oxygens (including phenoxy) is 2. The fourth-order valence-electron chi connectivity index (χ4n) is 2.64. The average Bonchev–Trinajstić information content (AvgIpc) is 3.18. The van der Waals surface area contributed by atoms with E-state index >= 15 is 0 Å². The molecule has 166 valence electrons. The SMILES string of the molecule is CCNC(=NCc1ccc(Oc2ccccc2OCC)nc1)NCc1ncc(C)s1.I. The second-order valence-corrected chi connectivity index (χ2v) is 7.72. The number of halogens is 1. The predicted molar refractivity (Wildman–Crippen MR) is 136 cm³/mol. The molecular formula is C22H28IN5O2S. The van der Waals surface area contributed by atoms with E-state index < -0.39 is 0 Å². The van der Waals surface area contributed by atoms with Crippen LogP contribution in [0.15, 0.2) is 53.8 Å². The third-order valence-corrected chi connectivity index (χ3v) is 4.91. The zero-order valence-corrected chi connectivity index (χ0v) is 21.1.